The molecule has 7 nitrogen and oxygen atoms in total. The SMILES string of the molecule is N#CC1(CS(=O)(=O)N2Cc3ccc(Cl)cc3C3(CCN(c4cncc5ccc(Cl)cc45)C3=O)C2)CC1. The first kappa shape index (κ1) is 23.7. The molecular formula is C26H22Cl2N4O3S. The van der Waals surface area contributed by atoms with Crippen LogP contribution in [0.3, 0.4) is 0 Å². The van der Waals surface area contributed by atoms with E-state index in [1.807, 2.05) is 12.1 Å². The molecule has 0 radical (unpaired) electrons. The summed E-state index contributed by atoms with van der Waals surface area (Å²) in [7, 11) is -3.78. The fourth-order valence-corrected chi connectivity index (χ4v) is 7.90. The Kier molecular flexibility index (Phi) is 5.36. The highest BCUT2D eigenvalue weighted by Gasteiger charge is 2.56. The number of nitrogens with zero attached hydrogens (tertiary/aromatic N) is 4. The lowest BCUT2D eigenvalue weighted by molar-refractivity contribution is -0.122. The Bertz CT molecular complexity index is 1580. The molecule has 2 aromatic carbocycles. The molecule has 6 rings (SSSR count). The summed E-state index contributed by atoms with van der Waals surface area (Å²) < 4.78 is 28.4. The normalized spacial score (nSPS) is 23.1. The van der Waals surface area contributed by atoms with Gasteiger partial charge < -0.3 is 4.90 Å². The van der Waals surface area contributed by atoms with Crippen LogP contribution in [-0.4, -0.2) is 42.5 Å². The molecule has 0 bridgehead atoms. The number of nitriles is 1. The van der Waals surface area contributed by atoms with Gasteiger partial charge in [-0.25, -0.2) is 8.42 Å². The van der Waals surface area contributed by atoms with E-state index >= 15 is 0 Å². The predicted octanol–water partition coefficient (Wildman–Crippen LogP) is 4.67. The first-order chi connectivity index (χ1) is 17.2. The molecule has 3 heterocycles. The minimum atomic E-state index is -3.78. The standard InChI is InChI=1S/C26H22Cl2N4O3S/c27-19-3-1-17-11-30-12-23(21(17)9-19)32-8-7-26(24(32)33)15-31(13-18-2-4-20(28)10-22(18)26)36(34,35)16-25(14-29)5-6-25/h1-4,9-12H,5-8,13,15-16H2. The molecule has 1 unspecified atom stereocenters. The monoisotopic (exact) mass is 540 g/mol. The second-order valence-electron chi connectivity index (χ2n) is 10.0. The van der Waals surface area contributed by atoms with Crippen molar-refractivity contribution in [3.8, 4) is 6.07 Å². The smallest absolute Gasteiger partial charge is 0.239 e. The van der Waals surface area contributed by atoms with Crippen LogP contribution in [0.4, 0.5) is 5.69 Å². The first-order valence-electron chi connectivity index (χ1n) is 11.7. The Morgan fingerprint density at radius 3 is 2.56 bits per heavy atom. The fraction of sp³-hybridized carbons (Fsp3) is 0.346. The molecule has 1 amide bonds. The van der Waals surface area contributed by atoms with Gasteiger partial charge in [0.05, 0.1) is 34.5 Å². The largest absolute Gasteiger partial charge is 0.309 e. The Balaban J connectivity index is 1.44. The highest BCUT2D eigenvalue weighted by Crippen LogP contribution is 2.49. The van der Waals surface area contributed by atoms with Gasteiger partial charge in [0.25, 0.3) is 0 Å². The van der Waals surface area contributed by atoms with E-state index in [0.717, 1.165) is 21.9 Å². The molecule has 2 aliphatic heterocycles. The van der Waals surface area contributed by atoms with Crippen molar-refractivity contribution >= 4 is 55.6 Å². The third-order valence-electron chi connectivity index (χ3n) is 7.73. The van der Waals surface area contributed by atoms with Crippen molar-refractivity contribution in [2.75, 3.05) is 23.7 Å². The Morgan fingerprint density at radius 2 is 1.81 bits per heavy atom. The third-order valence-corrected chi connectivity index (χ3v) is 10.2. The van der Waals surface area contributed by atoms with Crippen LogP contribution in [0.15, 0.2) is 48.8 Å². The summed E-state index contributed by atoms with van der Waals surface area (Å²) >= 11 is 12.6. The zero-order valence-corrected chi connectivity index (χ0v) is 21.6. The van der Waals surface area contributed by atoms with E-state index in [9.17, 15) is 18.5 Å². The number of halogens is 2. The van der Waals surface area contributed by atoms with E-state index in [1.165, 1.54) is 4.31 Å². The number of amides is 1. The van der Waals surface area contributed by atoms with Gasteiger partial charge in [-0.3, -0.25) is 9.78 Å². The quantitative estimate of drug-likeness (QED) is 0.479. The topological polar surface area (TPSA) is 94.4 Å². The zero-order chi connectivity index (χ0) is 25.3. The van der Waals surface area contributed by atoms with E-state index in [4.69, 9.17) is 23.2 Å². The van der Waals surface area contributed by atoms with Gasteiger partial charge in [-0.2, -0.15) is 9.57 Å². The first-order valence-corrected chi connectivity index (χ1v) is 14.1. The maximum atomic E-state index is 14.3. The Hall–Kier alpha value is -2.70. The van der Waals surface area contributed by atoms with Crippen molar-refractivity contribution in [1.29, 1.82) is 5.26 Å². The molecule has 3 aliphatic rings. The molecule has 1 aliphatic carbocycles. The fourth-order valence-electron chi connectivity index (χ4n) is 5.57. The summed E-state index contributed by atoms with van der Waals surface area (Å²) in [6.45, 7) is 0.559. The number of benzene rings is 2. The lowest BCUT2D eigenvalue weighted by atomic mass is 9.74. The van der Waals surface area contributed by atoms with Crippen LogP contribution in [-0.2, 0) is 26.8 Å². The van der Waals surface area contributed by atoms with E-state index in [2.05, 4.69) is 11.1 Å². The average molecular weight is 541 g/mol. The molecule has 0 N–H and O–H groups in total. The van der Waals surface area contributed by atoms with E-state index in [-0.39, 0.29) is 24.7 Å². The van der Waals surface area contributed by atoms with Crippen molar-refractivity contribution in [2.24, 2.45) is 5.41 Å². The Morgan fingerprint density at radius 1 is 1.06 bits per heavy atom. The number of carbonyl (C=O) groups is 1. The van der Waals surface area contributed by atoms with Gasteiger partial charge in [0.1, 0.15) is 0 Å². The molecule has 1 atom stereocenters. The maximum absolute atomic E-state index is 14.3. The van der Waals surface area contributed by atoms with Gasteiger partial charge >= 0.3 is 0 Å². The van der Waals surface area contributed by atoms with Crippen LogP contribution >= 0.6 is 23.2 Å². The number of carbonyl (C=O) groups excluding carboxylic acids is 1. The number of hydrogen-bond acceptors (Lipinski definition) is 5. The summed E-state index contributed by atoms with van der Waals surface area (Å²) in [5, 5.41) is 12.2. The van der Waals surface area contributed by atoms with Gasteiger partial charge in [0.2, 0.25) is 15.9 Å². The molecule has 184 valence electrons. The number of fused-ring (bicyclic) bond motifs is 3. The highest BCUT2D eigenvalue weighted by atomic mass is 35.5. The third kappa shape index (κ3) is 3.69. The van der Waals surface area contributed by atoms with Gasteiger partial charge in [-0.1, -0.05) is 35.3 Å². The molecule has 1 saturated heterocycles. The second-order valence-corrected chi connectivity index (χ2v) is 12.9. The van der Waals surface area contributed by atoms with Crippen molar-refractivity contribution in [1.82, 2.24) is 9.29 Å². The van der Waals surface area contributed by atoms with Crippen molar-refractivity contribution in [2.45, 2.75) is 31.2 Å². The van der Waals surface area contributed by atoms with Gasteiger partial charge in [-0.15, -0.1) is 0 Å². The van der Waals surface area contributed by atoms with Crippen molar-refractivity contribution < 1.29 is 13.2 Å². The summed E-state index contributed by atoms with van der Waals surface area (Å²) in [5.41, 5.74) is 0.260. The van der Waals surface area contributed by atoms with E-state index in [0.29, 0.717) is 41.5 Å². The van der Waals surface area contributed by atoms with E-state index in [1.54, 1.807) is 41.6 Å². The Labute approximate surface area is 219 Å². The summed E-state index contributed by atoms with van der Waals surface area (Å²) in [5.74, 6) is -0.416. The van der Waals surface area contributed by atoms with E-state index < -0.39 is 20.9 Å². The molecule has 1 aromatic heterocycles. The molecule has 10 heteroatoms. The van der Waals surface area contributed by atoms with Crippen LogP contribution in [0.2, 0.25) is 10.0 Å². The lowest BCUT2D eigenvalue weighted by Gasteiger charge is -2.40. The maximum Gasteiger partial charge on any atom is 0.239 e. The summed E-state index contributed by atoms with van der Waals surface area (Å²) in [4.78, 5) is 20.3. The van der Waals surface area contributed by atoms with Gasteiger partial charge in [0.15, 0.2) is 0 Å². The number of hydrogen-bond donors (Lipinski definition) is 0. The second kappa shape index (κ2) is 8.15. The van der Waals surface area contributed by atoms with Crippen LogP contribution < -0.4 is 4.90 Å². The minimum Gasteiger partial charge on any atom is -0.309 e. The van der Waals surface area contributed by atoms with Gasteiger partial charge in [-0.05, 0) is 54.7 Å². The molecule has 3 aromatic rings. The molecule has 1 saturated carbocycles. The number of aromatic nitrogens is 1. The summed E-state index contributed by atoms with van der Waals surface area (Å²) in [6, 6.07) is 12.9. The van der Waals surface area contributed by atoms with Crippen LogP contribution in [0.1, 0.15) is 30.4 Å². The highest BCUT2D eigenvalue weighted by molar-refractivity contribution is 7.89. The number of anilines is 1. The lowest BCUT2D eigenvalue weighted by Crippen LogP contribution is -2.53. The number of sulfonamides is 1. The molecule has 1 spiro atoms. The molecular weight excluding hydrogens is 519 g/mol. The van der Waals surface area contributed by atoms with Crippen molar-refractivity contribution in [3.05, 3.63) is 70.0 Å². The average Bonchev–Trinajstić information content (AvgIpc) is 3.55. The van der Waals surface area contributed by atoms with Crippen LogP contribution in [0.5, 0.6) is 0 Å². The predicted molar refractivity (Wildman–Crippen MR) is 138 cm³/mol. The summed E-state index contributed by atoms with van der Waals surface area (Å²) in [6.07, 6.45) is 4.95. The molecule has 2 fully saturated rings. The van der Waals surface area contributed by atoms with Gasteiger partial charge in [0, 0.05) is 46.6 Å². The molecule has 36 heavy (non-hydrogen) atoms. The number of pyridine rings is 1. The minimum absolute atomic E-state index is 0.0124. The van der Waals surface area contributed by atoms with Crippen molar-refractivity contribution in [3.63, 3.8) is 0 Å². The number of rotatable bonds is 4. The van der Waals surface area contributed by atoms with Crippen LogP contribution in [0, 0.1) is 16.7 Å². The zero-order valence-electron chi connectivity index (χ0n) is 19.2. The van der Waals surface area contributed by atoms with Crippen LogP contribution in [0.25, 0.3) is 10.8 Å².